The third kappa shape index (κ3) is 3.10. The Bertz CT molecular complexity index is 569. The summed E-state index contributed by atoms with van der Waals surface area (Å²) in [4.78, 5) is 10.5. The average molecular weight is 262 g/mol. The summed E-state index contributed by atoms with van der Waals surface area (Å²) in [7, 11) is 0. The Labute approximate surface area is 109 Å². The van der Waals surface area contributed by atoms with E-state index >= 15 is 0 Å². The molecule has 0 aliphatic rings. The van der Waals surface area contributed by atoms with Crippen molar-refractivity contribution < 1.29 is 4.92 Å². The molecule has 1 atom stereocenters. The predicted octanol–water partition coefficient (Wildman–Crippen LogP) is 1.27. The minimum atomic E-state index is -0.374. The summed E-state index contributed by atoms with van der Waals surface area (Å²) in [5.41, 5.74) is 1.62. The number of nitro groups is 1. The fourth-order valence-electron chi connectivity index (χ4n) is 1.68. The number of nitro benzene ring substituents is 1. The van der Waals surface area contributed by atoms with Gasteiger partial charge < -0.3 is 5.32 Å². The van der Waals surface area contributed by atoms with Crippen molar-refractivity contribution in [3.63, 3.8) is 0 Å². The van der Waals surface area contributed by atoms with Gasteiger partial charge in [0, 0.05) is 18.2 Å². The van der Waals surface area contributed by atoms with E-state index in [-0.39, 0.29) is 16.7 Å². The summed E-state index contributed by atoms with van der Waals surface area (Å²) in [6.45, 7) is 4.11. The molecule has 1 heterocycles. The summed E-state index contributed by atoms with van der Waals surface area (Å²) >= 11 is 0. The second-order valence-electron chi connectivity index (χ2n) is 4.25. The van der Waals surface area contributed by atoms with E-state index in [0.717, 1.165) is 5.56 Å². The largest absolute Gasteiger partial charge is 0.303 e. The van der Waals surface area contributed by atoms with Gasteiger partial charge in [0.15, 0.2) is 5.82 Å². The Kier molecular flexibility index (Phi) is 3.81. The number of H-pyrrole nitrogens is 1. The van der Waals surface area contributed by atoms with Gasteiger partial charge in [-0.1, -0.05) is 17.3 Å². The molecule has 0 spiro atoms. The summed E-state index contributed by atoms with van der Waals surface area (Å²) < 4.78 is 0. The molecule has 0 fully saturated rings. The number of nitrogens with one attached hydrogen (secondary N) is 2. The second-order valence-corrected chi connectivity index (χ2v) is 4.25. The Morgan fingerprint density at radius 1 is 1.53 bits per heavy atom. The molecule has 2 aromatic rings. The Morgan fingerprint density at radius 2 is 2.32 bits per heavy atom. The third-order valence-electron chi connectivity index (χ3n) is 2.83. The first-order chi connectivity index (χ1) is 9.08. The number of benzene rings is 1. The van der Waals surface area contributed by atoms with Crippen molar-refractivity contribution >= 4 is 5.69 Å². The van der Waals surface area contributed by atoms with Crippen LogP contribution in [-0.4, -0.2) is 25.5 Å². The monoisotopic (exact) mass is 262 g/mol. The Balaban J connectivity index is 2.04. The summed E-state index contributed by atoms with van der Waals surface area (Å²) in [6, 6.07) is 5.09. The lowest BCUT2D eigenvalue weighted by Crippen LogP contribution is -2.19. The normalized spacial score (nSPS) is 12.3. The molecule has 0 bridgehead atoms. The molecule has 100 valence electrons. The average Bonchev–Trinajstić information content (AvgIpc) is 2.91. The molecule has 8 heteroatoms. The van der Waals surface area contributed by atoms with Crippen molar-refractivity contribution in [1.82, 2.24) is 25.9 Å². The molecule has 1 aromatic carbocycles. The van der Waals surface area contributed by atoms with Gasteiger partial charge in [0.1, 0.15) is 0 Å². The number of tetrazole rings is 1. The Morgan fingerprint density at radius 3 is 2.95 bits per heavy atom. The van der Waals surface area contributed by atoms with Crippen LogP contribution in [0.4, 0.5) is 5.69 Å². The fourth-order valence-corrected chi connectivity index (χ4v) is 1.68. The molecular formula is C11H14N6O2. The number of nitrogens with zero attached hydrogens (tertiary/aromatic N) is 4. The van der Waals surface area contributed by atoms with Gasteiger partial charge in [-0.3, -0.25) is 10.1 Å². The van der Waals surface area contributed by atoms with Crippen molar-refractivity contribution in [2.75, 3.05) is 0 Å². The number of rotatable bonds is 5. The summed E-state index contributed by atoms with van der Waals surface area (Å²) in [6.07, 6.45) is 0. The highest BCUT2D eigenvalue weighted by Crippen LogP contribution is 2.19. The lowest BCUT2D eigenvalue weighted by molar-refractivity contribution is -0.385. The second kappa shape index (κ2) is 5.53. The zero-order valence-corrected chi connectivity index (χ0v) is 10.6. The first-order valence-corrected chi connectivity index (χ1v) is 5.78. The van der Waals surface area contributed by atoms with Gasteiger partial charge in [0.2, 0.25) is 0 Å². The lowest BCUT2D eigenvalue weighted by atomic mass is 10.1. The van der Waals surface area contributed by atoms with E-state index < -0.39 is 0 Å². The van der Waals surface area contributed by atoms with Gasteiger partial charge >= 0.3 is 0 Å². The molecular weight excluding hydrogens is 248 g/mol. The van der Waals surface area contributed by atoms with Crippen molar-refractivity contribution in [2.45, 2.75) is 26.4 Å². The first-order valence-electron chi connectivity index (χ1n) is 5.78. The maximum absolute atomic E-state index is 10.9. The topological polar surface area (TPSA) is 110 Å². The number of hydrogen-bond donors (Lipinski definition) is 2. The van der Waals surface area contributed by atoms with Crippen molar-refractivity contribution in [2.24, 2.45) is 0 Å². The van der Waals surface area contributed by atoms with Crippen molar-refractivity contribution in [3.05, 3.63) is 45.3 Å². The zero-order valence-electron chi connectivity index (χ0n) is 10.6. The van der Waals surface area contributed by atoms with Gasteiger partial charge in [-0.05, 0) is 19.4 Å². The minimum Gasteiger partial charge on any atom is -0.303 e. The highest BCUT2D eigenvalue weighted by atomic mass is 16.6. The minimum absolute atomic E-state index is 0.0842. The SMILES string of the molecule is Cc1ccc(CNC(C)c2nn[nH]n2)cc1[N+](=O)[O-]. The molecule has 8 nitrogen and oxygen atoms in total. The zero-order chi connectivity index (χ0) is 13.8. The van der Waals surface area contributed by atoms with Gasteiger partial charge in [0.25, 0.3) is 5.69 Å². The number of aromatic amines is 1. The van der Waals surface area contributed by atoms with E-state index in [1.54, 1.807) is 19.1 Å². The lowest BCUT2D eigenvalue weighted by Gasteiger charge is -2.10. The van der Waals surface area contributed by atoms with Crippen molar-refractivity contribution in [1.29, 1.82) is 0 Å². The molecule has 0 saturated heterocycles. The van der Waals surface area contributed by atoms with Gasteiger partial charge in [-0.2, -0.15) is 5.21 Å². The fraction of sp³-hybridized carbons (Fsp3) is 0.364. The van der Waals surface area contributed by atoms with Crippen molar-refractivity contribution in [3.8, 4) is 0 Å². The quantitative estimate of drug-likeness (QED) is 0.620. The van der Waals surface area contributed by atoms with Gasteiger partial charge in [-0.15, -0.1) is 10.2 Å². The number of aromatic nitrogens is 4. The van der Waals surface area contributed by atoms with Gasteiger partial charge in [0.05, 0.1) is 11.0 Å². The van der Waals surface area contributed by atoms with Crippen LogP contribution in [0.15, 0.2) is 18.2 Å². The molecule has 1 aromatic heterocycles. The van der Waals surface area contributed by atoms with Gasteiger partial charge in [-0.25, -0.2) is 0 Å². The highest BCUT2D eigenvalue weighted by Gasteiger charge is 2.13. The molecule has 1 unspecified atom stereocenters. The maximum Gasteiger partial charge on any atom is 0.272 e. The summed E-state index contributed by atoms with van der Waals surface area (Å²) in [5, 5.41) is 27.6. The van der Waals surface area contributed by atoms with Crippen LogP contribution in [0.3, 0.4) is 0 Å². The third-order valence-corrected chi connectivity index (χ3v) is 2.83. The number of hydrogen-bond acceptors (Lipinski definition) is 6. The van der Waals surface area contributed by atoms with E-state index in [1.807, 2.05) is 13.0 Å². The van der Waals surface area contributed by atoms with E-state index in [2.05, 4.69) is 25.9 Å². The molecule has 0 saturated carbocycles. The van der Waals surface area contributed by atoms with Crippen LogP contribution in [0.25, 0.3) is 0 Å². The van der Waals surface area contributed by atoms with Crippen LogP contribution < -0.4 is 5.32 Å². The summed E-state index contributed by atoms with van der Waals surface area (Å²) in [5.74, 6) is 0.557. The van der Waals surface area contributed by atoms with E-state index in [0.29, 0.717) is 17.9 Å². The molecule has 0 aliphatic carbocycles. The van der Waals surface area contributed by atoms with Crippen LogP contribution in [0.1, 0.15) is 29.9 Å². The highest BCUT2D eigenvalue weighted by molar-refractivity contribution is 5.42. The molecule has 0 amide bonds. The molecule has 2 N–H and O–H groups in total. The van der Waals surface area contributed by atoms with E-state index in [9.17, 15) is 10.1 Å². The standard InChI is InChI=1S/C11H14N6O2/c1-7-3-4-9(5-10(7)17(18)19)6-12-8(2)11-13-15-16-14-11/h3-5,8,12H,6H2,1-2H3,(H,13,14,15,16). The molecule has 0 radical (unpaired) electrons. The molecule has 0 aliphatic heterocycles. The van der Waals surface area contributed by atoms with Crippen LogP contribution in [0.5, 0.6) is 0 Å². The Hall–Kier alpha value is -2.35. The predicted molar refractivity (Wildman–Crippen MR) is 67.3 cm³/mol. The number of aryl methyl sites for hydroxylation is 1. The van der Waals surface area contributed by atoms with Crippen LogP contribution in [-0.2, 0) is 6.54 Å². The van der Waals surface area contributed by atoms with Crippen LogP contribution >= 0.6 is 0 Å². The smallest absolute Gasteiger partial charge is 0.272 e. The van der Waals surface area contributed by atoms with Crippen LogP contribution in [0.2, 0.25) is 0 Å². The van der Waals surface area contributed by atoms with E-state index in [4.69, 9.17) is 0 Å². The van der Waals surface area contributed by atoms with Crippen LogP contribution in [0, 0.1) is 17.0 Å². The van der Waals surface area contributed by atoms with E-state index in [1.165, 1.54) is 0 Å². The molecule has 19 heavy (non-hydrogen) atoms. The maximum atomic E-state index is 10.9. The molecule has 2 rings (SSSR count). The first kappa shape index (κ1) is 13.1.